The first-order chi connectivity index (χ1) is 7.89. The van der Waals surface area contributed by atoms with Crippen molar-refractivity contribution in [3.8, 4) is 0 Å². The number of hydrogen-bond donors (Lipinski definition) is 1. The van der Waals surface area contributed by atoms with Crippen LogP contribution in [0.3, 0.4) is 0 Å². The number of nitrogens with zero attached hydrogens (tertiary/aromatic N) is 1. The molecule has 0 amide bonds. The van der Waals surface area contributed by atoms with Gasteiger partial charge in [-0.1, -0.05) is 6.42 Å². The lowest BCUT2D eigenvalue weighted by Crippen LogP contribution is -2.59. The maximum atomic E-state index is 11.8. The van der Waals surface area contributed by atoms with Gasteiger partial charge in [0.15, 0.2) is 9.84 Å². The fourth-order valence-corrected chi connectivity index (χ4v) is 4.76. The van der Waals surface area contributed by atoms with Crippen LogP contribution in [0.4, 0.5) is 0 Å². The van der Waals surface area contributed by atoms with Crippen molar-refractivity contribution >= 4 is 9.84 Å². The maximum absolute atomic E-state index is 11.8. The highest BCUT2D eigenvalue weighted by Crippen LogP contribution is 2.31. The van der Waals surface area contributed by atoms with Gasteiger partial charge in [-0.15, -0.1) is 0 Å². The van der Waals surface area contributed by atoms with Gasteiger partial charge in [-0.25, -0.2) is 8.42 Å². The molecule has 1 saturated heterocycles. The van der Waals surface area contributed by atoms with E-state index < -0.39 is 9.84 Å². The average molecular weight is 260 g/mol. The summed E-state index contributed by atoms with van der Waals surface area (Å²) in [4.78, 5) is 2.42. The predicted molar refractivity (Wildman–Crippen MR) is 69.9 cm³/mol. The molecule has 1 N–H and O–H groups in total. The highest BCUT2D eigenvalue weighted by Gasteiger charge is 2.41. The van der Waals surface area contributed by atoms with Crippen LogP contribution in [0, 0.1) is 0 Å². The van der Waals surface area contributed by atoms with E-state index in [1.165, 1.54) is 6.26 Å². The van der Waals surface area contributed by atoms with E-state index in [-0.39, 0.29) is 11.3 Å². The van der Waals surface area contributed by atoms with Crippen LogP contribution >= 0.6 is 0 Å². The summed E-state index contributed by atoms with van der Waals surface area (Å²) in [7, 11) is -2.90. The fraction of sp³-hybridized carbons (Fsp3) is 1.00. The lowest BCUT2D eigenvalue weighted by Gasteiger charge is -2.43. The van der Waals surface area contributed by atoms with Gasteiger partial charge in [0, 0.05) is 37.5 Å². The van der Waals surface area contributed by atoms with E-state index in [4.69, 9.17) is 0 Å². The molecule has 2 aliphatic rings. The standard InChI is InChI=1S/C12H24N2O2S/c1-9-8-14(10(2)7-13-9)11-5-4-6-12(11)17(3,15)16/h9-13H,4-8H2,1-3H3. The summed E-state index contributed by atoms with van der Waals surface area (Å²) >= 11 is 0. The van der Waals surface area contributed by atoms with Gasteiger partial charge < -0.3 is 5.32 Å². The molecule has 2 rings (SSSR count). The van der Waals surface area contributed by atoms with Gasteiger partial charge in [-0.3, -0.25) is 4.90 Å². The van der Waals surface area contributed by atoms with Crippen molar-refractivity contribution in [2.24, 2.45) is 0 Å². The smallest absolute Gasteiger partial charge is 0.151 e. The number of hydrogen-bond acceptors (Lipinski definition) is 4. The third kappa shape index (κ3) is 2.83. The van der Waals surface area contributed by atoms with Crippen LogP contribution in [0.25, 0.3) is 0 Å². The molecule has 100 valence electrons. The van der Waals surface area contributed by atoms with Crippen molar-refractivity contribution in [3.05, 3.63) is 0 Å². The molecule has 5 heteroatoms. The topological polar surface area (TPSA) is 49.4 Å². The van der Waals surface area contributed by atoms with Crippen LogP contribution in [-0.4, -0.2) is 56.0 Å². The molecule has 1 heterocycles. The minimum absolute atomic E-state index is 0.143. The normalized spacial score (nSPS) is 40.6. The van der Waals surface area contributed by atoms with Gasteiger partial charge in [0.05, 0.1) is 5.25 Å². The molecule has 0 bridgehead atoms. The van der Waals surface area contributed by atoms with E-state index in [9.17, 15) is 8.42 Å². The lowest BCUT2D eigenvalue weighted by molar-refractivity contribution is 0.0988. The van der Waals surface area contributed by atoms with Crippen LogP contribution in [0.5, 0.6) is 0 Å². The van der Waals surface area contributed by atoms with Crippen molar-refractivity contribution in [2.45, 2.75) is 56.5 Å². The molecule has 2 fully saturated rings. The van der Waals surface area contributed by atoms with Gasteiger partial charge in [-0.2, -0.15) is 0 Å². The predicted octanol–water partition coefficient (Wildman–Crippen LogP) is 0.634. The van der Waals surface area contributed by atoms with E-state index in [1.54, 1.807) is 0 Å². The SMILES string of the molecule is CC1CN(C2CCCC2S(C)(=O)=O)C(C)CN1. The minimum atomic E-state index is -2.90. The van der Waals surface area contributed by atoms with Gasteiger partial charge in [-0.05, 0) is 26.7 Å². The zero-order chi connectivity index (χ0) is 12.6. The zero-order valence-electron chi connectivity index (χ0n) is 11.0. The van der Waals surface area contributed by atoms with E-state index in [2.05, 4.69) is 24.1 Å². The molecule has 1 saturated carbocycles. The lowest BCUT2D eigenvalue weighted by atomic mass is 10.1. The molecule has 17 heavy (non-hydrogen) atoms. The molecule has 0 aromatic rings. The second-order valence-corrected chi connectivity index (χ2v) is 7.99. The molecule has 1 aliphatic carbocycles. The Labute approximate surface area is 105 Å². The second kappa shape index (κ2) is 4.86. The molecular weight excluding hydrogens is 236 g/mol. The van der Waals surface area contributed by atoms with Gasteiger partial charge in [0.25, 0.3) is 0 Å². The van der Waals surface area contributed by atoms with Crippen molar-refractivity contribution < 1.29 is 8.42 Å². The quantitative estimate of drug-likeness (QED) is 0.791. The summed E-state index contributed by atoms with van der Waals surface area (Å²) in [6, 6.07) is 1.15. The first-order valence-electron chi connectivity index (χ1n) is 6.57. The van der Waals surface area contributed by atoms with E-state index in [0.29, 0.717) is 12.1 Å². The van der Waals surface area contributed by atoms with E-state index >= 15 is 0 Å². The van der Waals surface area contributed by atoms with Gasteiger partial charge >= 0.3 is 0 Å². The number of piperazine rings is 1. The van der Waals surface area contributed by atoms with E-state index in [0.717, 1.165) is 32.4 Å². The van der Waals surface area contributed by atoms with Crippen LogP contribution in [0.2, 0.25) is 0 Å². The maximum Gasteiger partial charge on any atom is 0.151 e. The van der Waals surface area contributed by atoms with Crippen LogP contribution in [-0.2, 0) is 9.84 Å². The Hall–Kier alpha value is -0.130. The monoisotopic (exact) mass is 260 g/mol. The number of nitrogens with one attached hydrogen (secondary N) is 1. The Morgan fingerprint density at radius 1 is 1.24 bits per heavy atom. The molecule has 0 radical (unpaired) electrons. The van der Waals surface area contributed by atoms with Crippen molar-refractivity contribution in [3.63, 3.8) is 0 Å². The third-order valence-corrected chi connectivity index (χ3v) is 5.86. The number of rotatable bonds is 2. The highest BCUT2D eigenvalue weighted by atomic mass is 32.2. The Kier molecular flexibility index (Phi) is 3.80. The molecular formula is C12H24N2O2S. The molecule has 1 aliphatic heterocycles. The Bertz CT molecular complexity index is 369. The molecule has 0 aromatic carbocycles. The van der Waals surface area contributed by atoms with Crippen LogP contribution in [0.1, 0.15) is 33.1 Å². The van der Waals surface area contributed by atoms with Crippen molar-refractivity contribution in [2.75, 3.05) is 19.3 Å². The van der Waals surface area contributed by atoms with Crippen LogP contribution < -0.4 is 5.32 Å². The largest absolute Gasteiger partial charge is 0.311 e. The summed E-state index contributed by atoms with van der Waals surface area (Å²) in [5.74, 6) is 0. The van der Waals surface area contributed by atoms with Crippen molar-refractivity contribution in [1.29, 1.82) is 0 Å². The molecule has 4 nitrogen and oxygen atoms in total. The summed E-state index contributed by atoms with van der Waals surface area (Å²) in [6.07, 6.45) is 4.32. The van der Waals surface area contributed by atoms with E-state index in [1.807, 2.05) is 0 Å². The summed E-state index contributed by atoms with van der Waals surface area (Å²) in [6.45, 7) is 6.30. The Balaban J connectivity index is 2.15. The molecule has 0 spiro atoms. The third-order valence-electron chi connectivity index (χ3n) is 4.21. The Morgan fingerprint density at radius 3 is 2.59 bits per heavy atom. The Morgan fingerprint density at radius 2 is 1.94 bits per heavy atom. The summed E-state index contributed by atoms with van der Waals surface area (Å²) in [5.41, 5.74) is 0. The first kappa shape index (κ1) is 13.3. The van der Waals surface area contributed by atoms with Crippen LogP contribution in [0.15, 0.2) is 0 Å². The summed E-state index contributed by atoms with van der Waals surface area (Å²) in [5, 5.41) is 3.30. The first-order valence-corrected chi connectivity index (χ1v) is 8.53. The van der Waals surface area contributed by atoms with Crippen molar-refractivity contribution in [1.82, 2.24) is 10.2 Å². The average Bonchev–Trinajstić information content (AvgIpc) is 2.69. The zero-order valence-corrected chi connectivity index (χ0v) is 11.8. The second-order valence-electron chi connectivity index (χ2n) is 5.72. The fourth-order valence-electron chi connectivity index (χ4n) is 3.30. The number of sulfone groups is 1. The highest BCUT2D eigenvalue weighted by molar-refractivity contribution is 7.91. The molecule has 4 atom stereocenters. The minimum Gasteiger partial charge on any atom is -0.311 e. The summed E-state index contributed by atoms with van der Waals surface area (Å²) < 4.78 is 23.7. The van der Waals surface area contributed by atoms with Gasteiger partial charge in [0.1, 0.15) is 0 Å². The van der Waals surface area contributed by atoms with Gasteiger partial charge in [0.2, 0.25) is 0 Å². The molecule has 4 unspecified atom stereocenters. The molecule has 0 aromatic heterocycles.